The van der Waals surface area contributed by atoms with Crippen LogP contribution in [0.3, 0.4) is 0 Å². The van der Waals surface area contributed by atoms with Crippen LogP contribution in [0, 0.1) is 0 Å². The molecular weight excluding hydrogens is 325 g/mol. The van der Waals surface area contributed by atoms with Crippen molar-refractivity contribution < 1.29 is 35.7 Å². The van der Waals surface area contributed by atoms with Gasteiger partial charge in [-0.1, -0.05) is 43.7 Å². The summed E-state index contributed by atoms with van der Waals surface area (Å²) in [4.78, 5) is 11.5. The van der Waals surface area contributed by atoms with E-state index in [0.717, 1.165) is 0 Å². The molecule has 0 aliphatic rings. The molecule has 0 saturated carbocycles. The van der Waals surface area contributed by atoms with E-state index < -0.39 is 33.6 Å². The molecule has 0 spiro atoms. The van der Waals surface area contributed by atoms with Gasteiger partial charge in [-0.2, -0.15) is 21.6 Å². The summed E-state index contributed by atoms with van der Waals surface area (Å²) in [7, 11) is -6.02. The molecule has 22 heavy (non-hydrogen) atoms. The van der Waals surface area contributed by atoms with E-state index in [4.69, 9.17) is 0 Å². The summed E-state index contributed by atoms with van der Waals surface area (Å²) in [6.07, 6.45) is -0.745. The lowest BCUT2D eigenvalue weighted by Gasteiger charge is -2.29. The second kappa shape index (κ2) is 6.66. The molecule has 0 aromatic heterocycles. The Labute approximate surface area is 125 Å². The molecule has 5 nitrogen and oxygen atoms in total. The van der Waals surface area contributed by atoms with Crippen LogP contribution in [0.15, 0.2) is 30.3 Å². The average molecular weight is 340 g/mol. The van der Waals surface area contributed by atoms with Crippen molar-refractivity contribution in [1.29, 1.82) is 0 Å². The van der Waals surface area contributed by atoms with E-state index in [1.165, 1.54) is 19.1 Å². The molecule has 124 valence electrons. The standard InChI is InChI=1S/C13H15F3O5S/c1-2-8-12(11(17)18,9-10-6-4-3-5-7-10)21-22(19,20)13(14,15)16/h3-7H,2,8-9H2,1H3,(H,17,18)/t12-/m1/s1. The normalized spacial score (nSPS) is 15.3. The minimum absolute atomic E-state index is 0.131. The molecule has 0 amide bonds. The van der Waals surface area contributed by atoms with Crippen LogP contribution in [0.4, 0.5) is 13.2 Å². The van der Waals surface area contributed by atoms with Gasteiger partial charge in [-0.15, -0.1) is 0 Å². The van der Waals surface area contributed by atoms with Crippen LogP contribution in [-0.4, -0.2) is 30.6 Å². The number of aliphatic carboxylic acids is 1. The molecule has 0 aliphatic heterocycles. The maximum Gasteiger partial charge on any atom is 0.523 e. The van der Waals surface area contributed by atoms with Crippen molar-refractivity contribution in [1.82, 2.24) is 0 Å². The Balaban J connectivity index is 3.25. The molecule has 1 N–H and O–H groups in total. The van der Waals surface area contributed by atoms with Crippen molar-refractivity contribution in [2.45, 2.75) is 37.3 Å². The van der Waals surface area contributed by atoms with Gasteiger partial charge in [-0.05, 0) is 12.0 Å². The fourth-order valence-corrected chi connectivity index (χ4v) is 2.69. The lowest BCUT2D eigenvalue weighted by Crippen LogP contribution is -2.47. The first kappa shape index (κ1) is 18.4. The molecule has 0 bridgehead atoms. The van der Waals surface area contributed by atoms with Gasteiger partial charge in [0.15, 0.2) is 5.60 Å². The highest BCUT2D eigenvalue weighted by Gasteiger charge is 2.54. The second-order valence-corrected chi connectivity index (χ2v) is 6.23. The quantitative estimate of drug-likeness (QED) is 0.610. The topological polar surface area (TPSA) is 80.7 Å². The summed E-state index contributed by atoms with van der Waals surface area (Å²) < 4.78 is 64.1. The summed E-state index contributed by atoms with van der Waals surface area (Å²) in [5.41, 5.74) is -7.82. The molecule has 0 fully saturated rings. The third-order valence-corrected chi connectivity index (χ3v) is 4.03. The van der Waals surface area contributed by atoms with Crippen LogP contribution < -0.4 is 0 Å². The number of alkyl halides is 3. The molecule has 1 aromatic carbocycles. The van der Waals surface area contributed by atoms with Gasteiger partial charge in [0.1, 0.15) is 0 Å². The van der Waals surface area contributed by atoms with Gasteiger partial charge in [-0.3, -0.25) is 0 Å². The van der Waals surface area contributed by atoms with E-state index in [1.807, 2.05) is 0 Å². The maximum atomic E-state index is 12.5. The van der Waals surface area contributed by atoms with Crippen LogP contribution >= 0.6 is 0 Å². The third-order valence-electron chi connectivity index (χ3n) is 2.93. The molecule has 0 heterocycles. The fourth-order valence-electron chi connectivity index (χ4n) is 1.96. The van der Waals surface area contributed by atoms with Crippen LogP contribution in [0.25, 0.3) is 0 Å². The lowest BCUT2D eigenvalue weighted by molar-refractivity contribution is -0.157. The zero-order chi connectivity index (χ0) is 17.0. The van der Waals surface area contributed by atoms with Crippen molar-refractivity contribution >= 4 is 16.1 Å². The molecular formula is C13H15F3O5S. The number of benzene rings is 1. The van der Waals surface area contributed by atoms with Crippen LogP contribution in [0.1, 0.15) is 25.3 Å². The van der Waals surface area contributed by atoms with Gasteiger partial charge in [0, 0.05) is 6.42 Å². The summed E-state index contributed by atoms with van der Waals surface area (Å²) in [5.74, 6) is -1.76. The van der Waals surface area contributed by atoms with Gasteiger partial charge in [-0.25, -0.2) is 8.98 Å². The van der Waals surface area contributed by atoms with E-state index in [2.05, 4.69) is 4.18 Å². The summed E-state index contributed by atoms with van der Waals surface area (Å²) >= 11 is 0. The van der Waals surface area contributed by atoms with Crippen molar-refractivity contribution in [2.24, 2.45) is 0 Å². The number of carboxylic acids is 1. The zero-order valence-electron chi connectivity index (χ0n) is 11.6. The zero-order valence-corrected chi connectivity index (χ0v) is 12.4. The largest absolute Gasteiger partial charge is 0.523 e. The van der Waals surface area contributed by atoms with Crippen molar-refractivity contribution in [2.75, 3.05) is 0 Å². The number of rotatable bonds is 7. The summed E-state index contributed by atoms with van der Waals surface area (Å²) in [6, 6.07) is 7.73. The van der Waals surface area contributed by atoms with Gasteiger partial charge in [0.2, 0.25) is 0 Å². The minimum Gasteiger partial charge on any atom is -0.479 e. The smallest absolute Gasteiger partial charge is 0.479 e. The Bertz CT molecular complexity index is 612. The fraction of sp³-hybridized carbons (Fsp3) is 0.462. The lowest BCUT2D eigenvalue weighted by atomic mass is 9.90. The van der Waals surface area contributed by atoms with Crippen molar-refractivity contribution in [3.63, 3.8) is 0 Å². The molecule has 0 aliphatic carbocycles. The Hall–Kier alpha value is -1.61. The van der Waals surface area contributed by atoms with E-state index in [1.54, 1.807) is 18.2 Å². The van der Waals surface area contributed by atoms with Gasteiger partial charge >= 0.3 is 21.6 Å². The SMILES string of the molecule is CCC[C@](Cc1ccccc1)(OS(=O)(=O)C(F)(F)F)C(=O)O. The predicted molar refractivity (Wildman–Crippen MR) is 71.5 cm³/mol. The van der Waals surface area contributed by atoms with Crippen LogP contribution in [-0.2, 0) is 25.5 Å². The summed E-state index contributed by atoms with van der Waals surface area (Å²) in [5, 5.41) is 9.29. The second-order valence-electron chi connectivity index (χ2n) is 4.70. The first-order chi connectivity index (χ1) is 10.0. The minimum atomic E-state index is -6.02. The third kappa shape index (κ3) is 4.20. The maximum absolute atomic E-state index is 12.5. The highest BCUT2D eigenvalue weighted by Crippen LogP contribution is 2.33. The van der Waals surface area contributed by atoms with E-state index >= 15 is 0 Å². The molecule has 0 unspecified atom stereocenters. The molecule has 9 heteroatoms. The number of hydrogen-bond donors (Lipinski definition) is 1. The molecule has 0 radical (unpaired) electrons. The summed E-state index contributed by atoms with van der Waals surface area (Å²) in [6.45, 7) is 1.52. The Morgan fingerprint density at radius 3 is 2.18 bits per heavy atom. The van der Waals surface area contributed by atoms with Gasteiger partial charge in [0.05, 0.1) is 0 Å². The van der Waals surface area contributed by atoms with E-state index in [0.29, 0.717) is 5.56 Å². The number of halogens is 3. The first-order valence-corrected chi connectivity index (χ1v) is 7.74. The predicted octanol–water partition coefficient (Wildman–Crippen LogP) is 2.72. The van der Waals surface area contributed by atoms with Crippen LogP contribution in [0.2, 0.25) is 0 Å². The number of carboxylic acid groups (broad SMARTS) is 1. The molecule has 1 aromatic rings. The molecule has 1 rings (SSSR count). The highest BCUT2D eigenvalue weighted by atomic mass is 32.2. The average Bonchev–Trinajstić information content (AvgIpc) is 2.38. The van der Waals surface area contributed by atoms with E-state index in [-0.39, 0.29) is 12.8 Å². The number of carbonyl (C=O) groups is 1. The van der Waals surface area contributed by atoms with E-state index in [9.17, 15) is 31.5 Å². The Kier molecular flexibility index (Phi) is 5.58. The highest BCUT2D eigenvalue weighted by molar-refractivity contribution is 7.87. The molecule has 1 atom stereocenters. The van der Waals surface area contributed by atoms with Crippen LogP contribution in [0.5, 0.6) is 0 Å². The number of hydrogen-bond acceptors (Lipinski definition) is 4. The van der Waals surface area contributed by atoms with Gasteiger partial charge < -0.3 is 5.11 Å². The van der Waals surface area contributed by atoms with Crippen molar-refractivity contribution in [3.05, 3.63) is 35.9 Å². The Morgan fingerprint density at radius 1 is 1.23 bits per heavy atom. The van der Waals surface area contributed by atoms with Gasteiger partial charge in [0.25, 0.3) is 0 Å². The molecule has 0 saturated heterocycles. The monoisotopic (exact) mass is 340 g/mol. The first-order valence-electron chi connectivity index (χ1n) is 6.33. The Morgan fingerprint density at radius 2 is 1.77 bits per heavy atom. The van der Waals surface area contributed by atoms with Crippen molar-refractivity contribution in [3.8, 4) is 0 Å².